The molecule has 2 nitrogen and oxygen atoms in total. The summed E-state index contributed by atoms with van der Waals surface area (Å²) in [5, 5.41) is 0.223. The molecule has 0 radical (unpaired) electrons. The van der Waals surface area contributed by atoms with Gasteiger partial charge in [0.05, 0.1) is 0 Å². The van der Waals surface area contributed by atoms with Gasteiger partial charge in [-0.25, -0.2) is 0 Å². The van der Waals surface area contributed by atoms with Crippen molar-refractivity contribution in [3.05, 3.63) is 29.3 Å². The molecular weight excluding hydrogens is 232 g/mol. The first-order valence-corrected chi connectivity index (χ1v) is 5.09. The van der Waals surface area contributed by atoms with Crippen LogP contribution in [-0.2, 0) is 4.79 Å². The molecule has 0 fully saturated rings. The van der Waals surface area contributed by atoms with E-state index in [0.717, 1.165) is 11.1 Å². The van der Waals surface area contributed by atoms with Crippen molar-refractivity contribution < 1.29 is 9.53 Å². The summed E-state index contributed by atoms with van der Waals surface area (Å²) in [5.74, 6) is 0.363. The molecule has 0 saturated carbocycles. The van der Waals surface area contributed by atoms with Crippen LogP contribution in [0.5, 0.6) is 5.75 Å². The van der Waals surface area contributed by atoms with Crippen molar-refractivity contribution in [1.82, 2.24) is 0 Å². The molecule has 0 aliphatic heterocycles. The summed E-state index contributed by atoms with van der Waals surface area (Å²) in [4.78, 5) is 10.9. The average Bonchev–Trinajstić information content (AvgIpc) is 2.09. The largest absolute Gasteiger partial charge is 0.426 e. The third-order valence-corrected chi connectivity index (χ3v) is 2.12. The van der Waals surface area contributed by atoms with E-state index in [0.29, 0.717) is 5.75 Å². The molecule has 70 valence electrons. The number of aryl methyl sites for hydroxylation is 2. The molecule has 0 aromatic heterocycles. The normalized spacial score (nSPS) is 9.77. The van der Waals surface area contributed by atoms with E-state index in [9.17, 15) is 4.79 Å². The van der Waals surface area contributed by atoms with Gasteiger partial charge in [0.15, 0.2) is 0 Å². The minimum Gasteiger partial charge on any atom is -0.426 e. The Morgan fingerprint density at radius 2 is 2.15 bits per heavy atom. The minimum atomic E-state index is -0.271. The Labute approximate surface area is 86.0 Å². The van der Waals surface area contributed by atoms with E-state index in [1.807, 2.05) is 32.0 Å². The van der Waals surface area contributed by atoms with Crippen molar-refractivity contribution in [3.8, 4) is 5.75 Å². The number of halogens is 1. The molecule has 1 aromatic rings. The van der Waals surface area contributed by atoms with Gasteiger partial charge >= 0.3 is 5.97 Å². The fraction of sp³-hybridized carbons (Fsp3) is 0.300. The van der Waals surface area contributed by atoms with Crippen LogP contribution in [0.1, 0.15) is 11.1 Å². The molecule has 0 amide bonds. The van der Waals surface area contributed by atoms with Gasteiger partial charge in [-0.3, -0.25) is 4.79 Å². The van der Waals surface area contributed by atoms with Crippen LogP contribution in [0.2, 0.25) is 0 Å². The summed E-state index contributed by atoms with van der Waals surface area (Å²) in [6.45, 7) is 3.92. The lowest BCUT2D eigenvalue weighted by molar-refractivity contribution is -0.131. The third-order valence-electron chi connectivity index (χ3n) is 1.66. The van der Waals surface area contributed by atoms with Crippen LogP contribution in [-0.4, -0.2) is 11.3 Å². The monoisotopic (exact) mass is 242 g/mol. The molecule has 0 bridgehead atoms. The Morgan fingerprint density at radius 3 is 2.69 bits per heavy atom. The summed E-state index contributed by atoms with van der Waals surface area (Å²) in [6, 6.07) is 5.71. The quantitative estimate of drug-likeness (QED) is 0.453. The molecule has 0 atom stereocenters. The summed E-state index contributed by atoms with van der Waals surface area (Å²) >= 11 is 3.04. The highest BCUT2D eigenvalue weighted by Gasteiger charge is 2.04. The Balaban J connectivity index is 2.83. The third kappa shape index (κ3) is 2.84. The predicted molar refractivity (Wildman–Crippen MR) is 55.3 cm³/mol. The lowest BCUT2D eigenvalue weighted by atomic mass is 10.1. The fourth-order valence-corrected chi connectivity index (χ4v) is 1.18. The first kappa shape index (κ1) is 10.3. The second-order valence-corrected chi connectivity index (χ2v) is 3.44. The van der Waals surface area contributed by atoms with Gasteiger partial charge in [0.2, 0.25) is 0 Å². The lowest BCUT2D eigenvalue weighted by Crippen LogP contribution is -2.09. The topological polar surface area (TPSA) is 26.3 Å². The van der Waals surface area contributed by atoms with E-state index in [1.165, 1.54) is 0 Å². The van der Waals surface area contributed by atoms with Crippen LogP contribution in [0.3, 0.4) is 0 Å². The van der Waals surface area contributed by atoms with Crippen molar-refractivity contribution >= 4 is 21.9 Å². The van der Waals surface area contributed by atoms with Crippen molar-refractivity contribution in [3.63, 3.8) is 0 Å². The van der Waals surface area contributed by atoms with Gasteiger partial charge in [0, 0.05) is 0 Å². The predicted octanol–water partition coefficient (Wildman–Crippen LogP) is 2.60. The molecule has 13 heavy (non-hydrogen) atoms. The Bertz CT molecular complexity index is 321. The number of ether oxygens (including phenoxy) is 1. The molecule has 0 saturated heterocycles. The highest BCUT2D eigenvalue weighted by atomic mass is 79.9. The fourth-order valence-electron chi connectivity index (χ4n) is 1.06. The maximum Gasteiger partial charge on any atom is 0.321 e. The van der Waals surface area contributed by atoms with Crippen molar-refractivity contribution in [2.45, 2.75) is 13.8 Å². The smallest absolute Gasteiger partial charge is 0.321 e. The van der Waals surface area contributed by atoms with Crippen LogP contribution < -0.4 is 4.74 Å². The van der Waals surface area contributed by atoms with Crippen LogP contribution in [0, 0.1) is 13.8 Å². The number of rotatable bonds is 2. The first-order chi connectivity index (χ1) is 6.13. The van der Waals surface area contributed by atoms with E-state index in [-0.39, 0.29) is 11.3 Å². The van der Waals surface area contributed by atoms with Gasteiger partial charge in [0.25, 0.3) is 0 Å². The molecule has 0 heterocycles. The summed E-state index contributed by atoms with van der Waals surface area (Å²) < 4.78 is 5.06. The summed E-state index contributed by atoms with van der Waals surface area (Å²) in [5.41, 5.74) is 2.14. The molecule has 3 heteroatoms. The molecule has 0 spiro atoms. The number of benzene rings is 1. The standard InChI is InChI=1S/C10H11BrO2/c1-7-3-4-9(8(2)5-7)13-10(12)6-11/h3-5H,6H2,1-2H3. The highest BCUT2D eigenvalue weighted by Crippen LogP contribution is 2.18. The first-order valence-electron chi connectivity index (χ1n) is 3.97. The van der Waals surface area contributed by atoms with Crippen molar-refractivity contribution in [1.29, 1.82) is 0 Å². The zero-order valence-corrected chi connectivity index (χ0v) is 9.22. The van der Waals surface area contributed by atoms with Crippen molar-refractivity contribution in [2.24, 2.45) is 0 Å². The molecule has 0 unspecified atom stereocenters. The maximum absolute atomic E-state index is 10.9. The Hall–Kier alpha value is -0.830. The van der Waals surface area contributed by atoms with E-state index in [2.05, 4.69) is 15.9 Å². The van der Waals surface area contributed by atoms with E-state index >= 15 is 0 Å². The summed E-state index contributed by atoms with van der Waals surface area (Å²) in [6.07, 6.45) is 0. The van der Waals surface area contributed by atoms with Crippen LogP contribution in [0.15, 0.2) is 18.2 Å². The Morgan fingerprint density at radius 1 is 1.46 bits per heavy atom. The van der Waals surface area contributed by atoms with Gasteiger partial charge in [-0.1, -0.05) is 33.6 Å². The number of carbonyl (C=O) groups is 1. The lowest BCUT2D eigenvalue weighted by Gasteiger charge is -2.05. The van der Waals surface area contributed by atoms with Crippen LogP contribution in [0.4, 0.5) is 0 Å². The van der Waals surface area contributed by atoms with Crippen LogP contribution >= 0.6 is 15.9 Å². The molecule has 0 N–H and O–H groups in total. The number of esters is 1. The number of carbonyl (C=O) groups excluding carboxylic acids is 1. The maximum atomic E-state index is 10.9. The minimum absolute atomic E-state index is 0.223. The van der Waals surface area contributed by atoms with Crippen molar-refractivity contribution in [2.75, 3.05) is 5.33 Å². The second kappa shape index (κ2) is 4.42. The molecular formula is C10H11BrO2. The van der Waals surface area contributed by atoms with Gasteiger partial charge in [0.1, 0.15) is 11.1 Å². The van der Waals surface area contributed by atoms with Gasteiger partial charge in [-0.05, 0) is 25.5 Å². The van der Waals surface area contributed by atoms with E-state index in [1.54, 1.807) is 0 Å². The molecule has 0 aliphatic rings. The number of hydrogen-bond donors (Lipinski definition) is 0. The number of alkyl halides is 1. The zero-order chi connectivity index (χ0) is 9.84. The second-order valence-electron chi connectivity index (χ2n) is 2.88. The van der Waals surface area contributed by atoms with Gasteiger partial charge in [-0.15, -0.1) is 0 Å². The molecule has 0 aliphatic carbocycles. The average molecular weight is 243 g/mol. The van der Waals surface area contributed by atoms with Gasteiger partial charge < -0.3 is 4.74 Å². The number of hydrogen-bond acceptors (Lipinski definition) is 2. The van der Waals surface area contributed by atoms with E-state index < -0.39 is 0 Å². The molecule has 1 rings (SSSR count). The van der Waals surface area contributed by atoms with Gasteiger partial charge in [-0.2, -0.15) is 0 Å². The Kier molecular flexibility index (Phi) is 3.48. The SMILES string of the molecule is Cc1ccc(OC(=O)CBr)c(C)c1. The zero-order valence-electron chi connectivity index (χ0n) is 7.63. The van der Waals surface area contributed by atoms with Crippen LogP contribution in [0.25, 0.3) is 0 Å². The van der Waals surface area contributed by atoms with E-state index in [4.69, 9.17) is 4.74 Å². The summed E-state index contributed by atoms with van der Waals surface area (Å²) in [7, 11) is 0. The molecule has 1 aromatic carbocycles. The highest BCUT2D eigenvalue weighted by molar-refractivity contribution is 9.09.